The zero-order valence-electron chi connectivity index (χ0n) is 20.8. The van der Waals surface area contributed by atoms with Gasteiger partial charge < -0.3 is 9.84 Å². The van der Waals surface area contributed by atoms with E-state index in [0.29, 0.717) is 5.39 Å². The number of carboxylic acid groups (broad SMARTS) is 1. The van der Waals surface area contributed by atoms with Crippen LogP contribution in [-0.4, -0.2) is 26.8 Å². The molecule has 4 aromatic carbocycles. The Hall–Kier alpha value is -5.14. The van der Waals surface area contributed by atoms with Crippen LogP contribution in [0.2, 0.25) is 5.02 Å². The third-order valence-corrected chi connectivity index (χ3v) is 6.57. The van der Waals surface area contributed by atoms with E-state index in [9.17, 15) is 33.1 Å². The number of benzene rings is 4. The number of carbonyl (C=O) groups excluding carboxylic acids is 1. The molecule has 0 aliphatic carbocycles. The van der Waals surface area contributed by atoms with Gasteiger partial charge in [0, 0.05) is 10.9 Å². The molecule has 0 fully saturated rings. The molecule has 0 radical (unpaired) electrons. The minimum atomic E-state index is -4.88. The van der Waals surface area contributed by atoms with Crippen molar-refractivity contribution in [3.63, 3.8) is 0 Å². The van der Waals surface area contributed by atoms with Crippen molar-refractivity contribution in [1.29, 1.82) is 5.26 Å². The highest BCUT2D eigenvalue weighted by atomic mass is 35.5. The number of ether oxygens (including phenoxy) is 1. The van der Waals surface area contributed by atoms with Gasteiger partial charge in [0.05, 0.1) is 38.9 Å². The predicted molar refractivity (Wildman–Crippen MR) is 144 cm³/mol. The summed E-state index contributed by atoms with van der Waals surface area (Å²) >= 11 is 6.10. The molecule has 41 heavy (non-hydrogen) atoms. The van der Waals surface area contributed by atoms with Crippen molar-refractivity contribution in [3.8, 4) is 23.1 Å². The molecule has 0 atom stereocenters. The maximum Gasteiger partial charge on any atom is 0.417 e. The van der Waals surface area contributed by atoms with Gasteiger partial charge in [0.2, 0.25) is 0 Å². The fourth-order valence-electron chi connectivity index (χ4n) is 4.33. The third-order valence-electron chi connectivity index (χ3n) is 6.26. The number of aromatic carboxylic acids is 1. The van der Waals surface area contributed by atoms with Crippen LogP contribution in [0.15, 0.2) is 84.9 Å². The van der Waals surface area contributed by atoms with Gasteiger partial charge in [-0.3, -0.25) is 4.79 Å². The summed E-state index contributed by atoms with van der Waals surface area (Å²) in [7, 11) is 0. The first-order valence-electron chi connectivity index (χ1n) is 12.0. The molecule has 7 nitrogen and oxygen atoms in total. The number of hydrogen-bond acceptors (Lipinski definition) is 5. The maximum atomic E-state index is 13.8. The summed E-state index contributed by atoms with van der Waals surface area (Å²) in [6.45, 7) is 0.0711. The molecule has 0 spiro atoms. The molecule has 5 rings (SSSR count). The van der Waals surface area contributed by atoms with Gasteiger partial charge in [-0.15, -0.1) is 0 Å². The first kappa shape index (κ1) is 27.4. The van der Waals surface area contributed by atoms with E-state index in [-0.39, 0.29) is 40.3 Å². The number of rotatable bonds is 6. The van der Waals surface area contributed by atoms with Gasteiger partial charge in [0.1, 0.15) is 18.1 Å². The van der Waals surface area contributed by atoms with Gasteiger partial charge in [-0.05, 0) is 54.1 Å². The highest BCUT2D eigenvalue weighted by molar-refractivity contribution is 6.34. The number of nitriles is 1. The molecule has 1 heterocycles. The lowest BCUT2D eigenvalue weighted by molar-refractivity contribution is -0.137. The van der Waals surface area contributed by atoms with E-state index in [1.165, 1.54) is 36.4 Å². The molecule has 11 heteroatoms. The molecule has 0 aliphatic heterocycles. The Morgan fingerprint density at radius 1 is 1.00 bits per heavy atom. The van der Waals surface area contributed by atoms with Gasteiger partial charge in [-0.1, -0.05) is 48.0 Å². The third kappa shape index (κ3) is 5.35. The van der Waals surface area contributed by atoms with Crippen molar-refractivity contribution in [2.75, 3.05) is 0 Å². The molecule has 204 valence electrons. The van der Waals surface area contributed by atoms with Crippen molar-refractivity contribution >= 4 is 34.4 Å². The smallest absolute Gasteiger partial charge is 0.417 e. The van der Waals surface area contributed by atoms with Crippen molar-refractivity contribution in [2.45, 2.75) is 12.8 Å². The highest BCUT2D eigenvalue weighted by Crippen LogP contribution is 2.39. The lowest BCUT2D eigenvalue weighted by Crippen LogP contribution is -2.20. The number of halogens is 4. The van der Waals surface area contributed by atoms with Crippen LogP contribution in [0.4, 0.5) is 13.2 Å². The van der Waals surface area contributed by atoms with Crippen LogP contribution in [0, 0.1) is 11.3 Å². The molecule has 1 aromatic heterocycles. The number of fused-ring (bicyclic) bond motifs is 1. The second kappa shape index (κ2) is 10.8. The van der Waals surface area contributed by atoms with Crippen LogP contribution in [0.1, 0.15) is 37.4 Å². The van der Waals surface area contributed by atoms with Gasteiger partial charge in [-0.2, -0.15) is 28.2 Å². The molecule has 0 bridgehead atoms. The normalized spacial score (nSPS) is 11.3. The van der Waals surface area contributed by atoms with E-state index in [0.717, 1.165) is 28.4 Å². The van der Waals surface area contributed by atoms with E-state index >= 15 is 0 Å². The van der Waals surface area contributed by atoms with E-state index in [1.54, 1.807) is 0 Å². The average molecular weight is 576 g/mol. The lowest BCUT2D eigenvalue weighted by atomic mass is 10.0. The Morgan fingerprint density at radius 3 is 2.44 bits per heavy atom. The van der Waals surface area contributed by atoms with Crippen LogP contribution in [0.5, 0.6) is 5.75 Å². The quantitative estimate of drug-likeness (QED) is 0.229. The van der Waals surface area contributed by atoms with Gasteiger partial charge in [0.25, 0.3) is 5.91 Å². The molecule has 0 amide bonds. The number of nitrogens with zero attached hydrogens (tertiary/aromatic N) is 3. The van der Waals surface area contributed by atoms with Crippen molar-refractivity contribution in [3.05, 3.63) is 118 Å². The van der Waals surface area contributed by atoms with Crippen LogP contribution in [-0.2, 0) is 12.8 Å². The largest absolute Gasteiger partial charge is 0.488 e. The van der Waals surface area contributed by atoms with Crippen LogP contribution in [0.3, 0.4) is 0 Å². The number of carboxylic acids is 1. The van der Waals surface area contributed by atoms with E-state index in [4.69, 9.17) is 16.3 Å². The molecular weight excluding hydrogens is 559 g/mol. The van der Waals surface area contributed by atoms with E-state index in [1.807, 2.05) is 36.4 Å². The summed E-state index contributed by atoms with van der Waals surface area (Å²) in [5.74, 6) is -2.25. The fraction of sp³-hybridized carbons (Fsp3) is 0.0667. The summed E-state index contributed by atoms with van der Waals surface area (Å²) in [4.78, 5) is 25.4. The van der Waals surface area contributed by atoms with Crippen molar-refractivity contribution < 1.29 is 32.6 Å². The minimum Gasteiger partial charge on any atom is -0.488 e. The van der Waals surface area contributed by atoms with Crippen molar-refractivity contribution in [2.24, 2.45) is 0 Å². The van der Waals surface area contributed by atoms with Crippen LogP contribution in [0.25, 0.3) is 22.2 Å². The first-order valence-corrected chi connectivity index (χ1v) is 12.3. The number of carbonyl (C=O) groups is 2. The number of aromatic nitrogens is 2. The molecule has 0 saturated heterocycles. The highest BCUT2D eigenvalue weighted by Gasteiger charge is 2.37. The summed E-state index contributed by atoms with van der Waals surface area (Å²) in [6, 6.07) is 22.4. The molecule has 0 unspecified atom stereocenters. The average Bonchev–Trinajstić information content (AvgIpc) is 3.34. The predicted octanol–water partition coefficient (Wildman–Crippen LogP) is 7.21. The second-order valence-electron chi connectivity index (χ2n) is 8.86. The van der Waals surface area contributed by atoms with Gasteiger partial charge in [0.15, 0.2) is 0 Å². The van der Waals surface area contributed by atoms with E-state index < -0.39 is 34.2 Å². The first-order chi connectivity index (χ1) is 19.6. The van der Waals surface area contributed by atoms with E-state index in [2.05, 4.69) is 5.10 Å². The standard InChI is InChI=1S/C30H17ClF3N3O4/c31-23-8-4-7-22(30(32,33)34)26(23)28(38)37-24-13-18(15-35)9-11-20(24)27(36-37)21-12-10-19(29(39)40)14-25(21)41-16-17-5-2-1-3-6-17/h1-14H,16H2,(H,39,40). The zero-order chi connectivity index (χ0) is 29.3. The Morgan fingerprint density at radius 2 is 1.76 bits per heavy atom. The minimum absolute atomic E-state index is 0.0495. The van der Waals surface area contributed by atoms with Crippen LogP contribution >= 0.6 is 11.6 Å². The number of hydrogen-bond donors (Lipinski definition) is 1. The Kier molecular flexibility index (Phi) is 7.22. The van der Waals surface area contributed by atoms with Crippen LogP contribution < -0.4 is 4.74 Å². The molecule has 0 aliphatic rings. The Balaban J connectivity index is 1.72. The topological polar surface area (TPSA) is 105 Å². The fourth-order valence-corrected chi connectivity index (χ4v) is 4.58. The Labute approximate surface area is 235 Å². The molecule has 0 saturated carbocycles. The molecule has 1 N–H and O–H groups in total. The monoisotopic (exact) mass is 575 g/mol. The van der Waals surface area contributed by atoms with Crippen molar-refractivity contribution in [1.82, 2.24) is 9.78 Å². The number of alkyl halides is 3. The summed E-state index contributed by atoms with van der Waals surface area (Å²) < 4.78 is 48.3. The second-order valence-corrected chi connectivity index (χ2v) is 9.27. The lowest BCUT2D eigenvalue weighted by Gasteiger charge is -2.13. The maximum absolute atomic E-state index is 13.8. The summed E-state index contributed by atoms with van der Waals surface area (Å²) in [6.07, 6.45) is -4.88. The zero-order valence-corrected chi connectivity index (χ0v) is 21.6. The molecular formula is C30H17ClF3N3O4. The summed E-state index contributed by atoms with van der Waals surface area (Å²) in [5, 5.41) is 23.3. The summed E-state index contributed by atoms with van der Waals surface area (Å²) in [5.41, 5.74) is -0.739. The Bertz CT molecular complexity index is 1860. The SMILES string of the molecule is N#Cc1ccc2c(-c3ccc(C(=O)O)cc3OCc3ccccc3)nn(C(=O)c3c(Cl)cccc3C(F)(F)F)c2c1. The van der Waals surface area contributed by atoms with Gasteiger partial charge in [-0.25, -0.2) is 4.79 Å². The van der Waals surface area contributed by atoms with Gasteiger partial charge >= 0.3 is 12.1 Å². The molecule has 5 aromatic rings.